The zero-order valence-electron chi connectivity index (χ0n) is 23.8. The van der Waals surface area contributed by atoms with E-state index in [4.69, 9.17) is 18.5 Å². The fourth-order valence-corrected chi connectivity index (χ4v) is 4.62. The van der Waals surface area contributed by atoms with Crippen molar-refractivity contribution in [2.45, 2.75) is 116 Å². The van der Waals surface area contributed by atoms with Crippen LogP contribution in [-0.2, 0) is 23.1 Å². The normalized spacial score (nSPS) is 14.8. The number of phosphoric acid groups is 1. The lowest BCUT2D eigenvalue weighted by Crippen LogP contribution is -2.37. The number of phosphoric ester groups is 1. The van der Waals surface area contributed by atoms with Crippen LogP contribution >= 0.6 is 7.82 Å². The summed E-state index contributed by atoms with van der Waals surface area (Å²) in [6, 6.07) is 0. The van der Waals surface area contributed by atoms with Crippen LogP contribution in [0.3, 0.4) is 0 Å². The van der Waals surface area contributed by atoms with E-state index in [9.17, 15) is 9.46 Å². The summed E-state index contributed by atoms with van der Waals surface area (Å²) in [4.78, 5) is 9.86. The van der Waals surface area contributed by atoms with Crippen LogP contribution in [-0.4, -0.2) is 76.7 Å². The van der Waals surface area contributed by atoms with Gasteiger partial charge in [-0.05, 0) is 6.42 Å². The fraction of sp³-hybridized carbons (Fsp3) is 1.00. The van der Waals surface area contributed by atoms with Crippen molar-refractivity contribution in [2.24, 2.45) is 0 Å². The minimum absolute atomic E-state index is 0.0230. The first-order valence-electron chi connectivity index (χ1n) is 14.2. The molecule has 0 aliphatic rings. The number of hydrogen-bond acceptors (Lipinski definition) is 5. The predicted octanol–water partition coefficient (Wildman–Crippen LogP) is 7.12. The van der Waals surface area contributed by atoms with Gasteiger partial charge in [-0.1, -0.05) is 103 Å². The minimum atomic E-state index is -4.08. The van der Waals surface area contributed by atoms with Gasteiger partial charge in [-0.15, -0.1) is 0 Å². The molecule has 0 aromatic heterocycles. The number of quaternary nitrogens is 1. The van der Waals surface area contributed by atoms with Crippen LogP contribution in [0.5, 0.6) is 0 Å². The van der Waals surface area contributed by atoms with Crippen molar-refractivity contribution in [3.8, 4) is 0 Å². The molecule has 0 amide bonds. The molecule has 1 unspecified atom stereocenters. The zero-order valence-corrected chi connectivity index (χ0v) is 24.7. The zero-order chi connectivity index (χ0) is 26.3. The maximum absolute atomic E-state index is 12.0. The fourth-order valence-electron chi connectivity index (χ4n) is 3.88. The summed E-state index contributed by atoms with van der Waals surface area (Å²) in [6.45, 7) is 3.95. The van der Waals surface area contributed by atoms with Gasteiger partial charge in [0.2, 0.25) is 0 Å². The Morgan fingerprint density at radius 1 is 0.686 bits per heavy atom. The molecule has 0 spiro atoms. The van der Waals surface area contributed by atoms with Gasteiger partial charge in [0.1, 0.15) is 19.3 Å². The molecular weight excluding hydrogens is 465 g/mol. The van der Waals surface area contributed by atoms with Crippen molar-refractivity contribution < 1.29 is 32.5 Å². The number of ether oxygens (including phenoxy) is 2. The molecule has 0 fully saturated rings. The summed E-state index contributed by atoms with van der Waals surface area (Å²) in [5.41, 5.74) is 0. The highest BCUT2D eigenvalue weighted by Gasteiger charge is 2.24. The van der Waals surface area contributed by atoms with Gasteiger partial charge in [-0.3, -0.25) is 9.05 Å². The van der Waals surface area contributed by atoms with Crippen molar-refractivity contribution in [3.63, 3.8) is 0 Å². The van der Waals surface area contributed by atoms with Crippen molar-refractivity contribution in [1.82, 2.24) is 0 Å². The molecule has 0 saturated heterocycles. The molecule has 1 N–H and O–H groups in total. The minimum Gasteiger partial charge on any atom is -0.382 e. The van der Waals surface area contributed by atoms with Crippen molar-refractivity contribution in [2.75, 3.05) is 61.2 Å². The Kier molecular flexibility index (Phi) is 23.1. The van der Waals surface area contributed by atoms with Gasteiger partial charge in [0.05, 0.1) is 34.4 Å². The smallest absolute Gasteiger partial charge is 0.382 e. The van der Waals surface area contributed by atoms with Crippen LogP contribution in [0.15, 0.2) is 0 Å². The Balaban J connectivity index is 3.62. The third-order valence-corrected chi connectivity index (χ3v) is 7.13. The number of hydrogen-bond donors (Lipinski definition) is 1. The van der Waals surface area contributed by atoms with E-state index in [2.05, 4.69) is 6.92 Å². The molecule has 35 heavy (non-hydrogen) atoms. The Bertz CT molecular complexity index is 501. The SMILES string of the molecule is CCCCCCCCCCCCCCCCCCO[C@H](COC)COP(=O)(O)OCC[N+](C)(C)C. The Morgan fingerprint density at radius 2 is 1.14 bits per heavy atom. The second-order valence-corrected chi connectivity index (χ2v) is 12.3. The molecule has 0 aromatic carbocycles. The molecule has 0 saturated carbocycles. The van der Waals surface area contributed by atoms with Gasteiger partial charge < -0.3 is 18.9 Å². The third kappa shape index (κ3) is 26.9. The highest BCUT2D eigenvalue weighted by Crippen LogP contribution is 2.43. The molecular formula is C27H59NO6P+. The van der Waals surface area contributed by atoms with Crippen molar-refractivity contribution >= 4 is 7.82 Å². The summed E-state index contributed by atoms with van der Waals surface area (Å²) in [7, 11) is 3.49. The lowest BCUT2D eigenvalue weighted by atomic mass is 10.0. The molecule has 7 nitrogen and oxygen atoms in total. The molecule has 2 atom stereocenters. The second-order valence-electron chi connectivity index (χ2n) is 10.9. The molecule has 0 aromatic rings. The maximum atomic E-state index is 12.0. The summed E-state index contributed by atoms with van der Waals surface area (Å²) < 4.78 is 33.8. The molecule has 212 valence electrons. The molecule has 0 radical (unpaired) electrons. The lowest BCUT2D eigenvalue weighted by molar-refractivity contribution is -0.870. The van der Waals surface area contributed by atoms with E-state index in [0.29, 0.717) is 24.2 Å². The molecule has 0 aliphatic carbocycles. The van der Waals surface area contributed by atoms with Gasteiger partial charge >= 0.3 is 7.82 Å². The third-order valence-electron chi connectivity index (χ3n) is 6.14. The second kappa shape index (κ2) is 23.1. The summed E-state index contributed by atoms with van der Waals surface area (Å²) in [5, 5.41) is 0. The molecule has 0 heterocycles. The first kappa shape index (κ1) is 35.0. The van der Waals surface area contributed by atoms with Crippen LogP contribution in [0.25, 0.3) is 0 Å². The standard InChI is InChI=1S/C27H58NO6P/c1-6-7-8-9-10-11-12-13-14-15-16-17-18-19-20-21-23-32-27(25-31-5)26-34-35(29,30)33-24-22-28(2,3)4/h27H,6-26H2,1-5H3/p+1/t27-/m1/s1. The first-order chi connectivity index (χ1) is 16.7. The van der Waals surface area contributed by atoms with Crippen LogP contribution in [0.2, 0.25) is 0 Å². The summed E-state index contributed by atoms with van der Waals surface area (Å²) in [5.74, 6) is 0. The van der Waals surface area contributed by atoms with E-state index in [1.165, 1.54) is 89.9 Å². The number of rotatable bonds is 27. The molecule has 8 heteroatoms. The Labute approximate surface area is 217 Å². The van der Waals surface area contributed by atoms with Crippen LogP contribution < -0.4 is 0 Å². The largest absolute Gasteiger partial charge is 0.472 e. The van der Waals surface area contributed by atoms with Crippen molar-refractivity contribution in [1.29, 1.82) is 0 Å². The first-order valence-corrected chi connectivity index (χ1v) is 15.7. The van der Waals surface area contributed by atoms with Crippen LogP contribution in [0, 0.1) is 0 Å². The summed E-state index contributed by atoms with van der Waals surface area (Å²) in [6.07, 6.45) is 21.0. The lowest BCUT2D eigenvalue weighted by Gasteiger charge is -2.24. The van der Waals surface area contributed by atoms with E-state index in [1.54, 1.807) is 7.11 Å². The Hall–Kier alpha value is -0.0100. The number of likely N-dealkylation sites (N-methyl/N-ethyl adjacent to an activating group) is 1. The van der Waals surface area contributed by atoms with Crippen molar-refractivity contribution in [3.05, 3.63) is 0 Å². The monoisotopic (exact) mass is 524 g/mol. The quantitative estimate of drug-likeness (QED) is 0.0701. The van der Waals surface area contributed by atoms with Gasteiger partial charge in [0.25, 0.3) is 0 Å². The van der Waals surface area contributed by atoms with Gasteiger partial charge in [0.15, 0.2) is 0 Å². The molecule has 0 aliphatic heterocycles. The average Bonchev–Trinajstić information content (AvgIpc) is 2.78. The van der Waals surface area contributed by atoms with Gasteiger partial charge in [0, 0.05) is 13.7 Å². The highest BCUT2D eigenvalue weighted by molar-refractivity contribution is 7.47. The predicted molar refractivity (Wildman–Crippen MR) is 146 cm³/mol. The van der Waals surface area contributed by atoms with E-state index in [1.807, 2.05) is 21.1 Å². The average molecular weight is 525 g/mol. The van der Waals surface area contributed by atoms with E-state index >= 15 is 0 Å². The maximum Gasteiger partial charge on any atom is 0.472 e. The van der Waals surface area contributed by atoms with Crippen LogP contribution in [0.4, 0.5) is 0 Å². The highest BCUT2D eigenvalue weighted by atomic mass is 31.2. The summed E-state index contributed by atoms with van der Waals surface area (Å²) >= 11 is 0. The van der Waals surface area contributed by atoms with E-state index in [-0.39, 0.29) is 19.3 Å². The topological polar surface area (TPSA) is 74.2 Å². The van der Waals surface area contributed by atoms with Crippen LogP contribution in [0.1, 0.15) is 110 Å². The van der Waals surface area contributed by atoms with E-state index in [0.717, 1.165) is 12.8 Å². The number of unbranched alkanes of at least 4 members (excludes halogenated alkanes) is 15. The van der Waals surface area contributed by atoms with Gasteiger partial charge in [-0.25, -0.2) is 4.57 Å². The number of nitrogens with zero attached hydrogens (tertiary/aromatic N) is 1. The number of methoxy groups -OCH3 is 1. The van der Waals surface area contributed by atoms with E-state index < -0.39 is 7.82 Å². The molecule has 0 bridgehead atoms. The van der Waals surface area contributed by atoms with Gasteiger partial charge in [-0.2, -0.15) is 0 Å². The molecule has 0 rings (SSSR count). The Morgan fingerprint density at radius 3 is 1.57 bits per heavy atom.